The lowest BCUT2D eigenvalue weighted by Gasteiger charge is -2.04. The summed E-state index contributed by atoms with van der Waals surface area (Å²) in [6.45, 7) is 0. The predicted octanol–water partition coefficient (Wildman–Crippen LogP) is 2.47. The monoisotopic (exact) mass is 260 g/mol. The highest BCUT2D eigenvalue weighted by Gasteiger charge is 2.18. The molecule has 0 amide bonds. The summed E-state index contributed by atoms with van der Waals surface area (Å²) >= 11 is 2.91. The van der Waals surface area contributed by atoms with Gasteiger partial charge in [0.05, 0.1) is 5.56 Å². The number of aromatic nitrogens is 1. The van der Waals surface area contributed by atoms with Gasteiger partial charge in [-0.2, -0.15) is 5.26 Å². The average molecular weight is 261 g/mol. The Morgan fingerprint density at radius 1 is 1.64 bits per heavy atom. The number of nitriles is 1. The maximum atomic E-state index is 12.4. The van der Waals surface area contributed by atoms with Crippen molar-refractivity contribution in [3.63, 3.8) is 0 Å². The minimum Gasteiger partial charge on any atom is -0.296 e. The first-order chi connectivity index (χ1) is 6.60. The molecule has 6 heteroatoms. The van der Waals surface area contributed by atoms with Crippen molar-refractivity contribution in [2.45, 2.75) is 6.43 Å². The molecule has 1 rings (SSSR count). The molecular formula is C8H3BrF2N2O. The first kappa shape index (κ1) is 10.7. The lowest BCUT2D eigenvalue weighted by atomic mass is 10.2. The number of aldehydes is 1. The van der Waals surface area contributed by atoms with E-state index in [-0.39, 0.29) is 15.7 Å². The second-order valence-corrected chi connectivity index (χ2v) is 3.17. The van der Waals surface area contributed by atoms with Crippen LogP contribution in [0, 0.1) is 11.3 Å². The van der Waals surface area contributed by atoms with Gasteiger partial charge in [0.25, 0.3) is 6.43 Å². The molecule has 1 aromatic heterocycles. The van der Waals surface area contributed by atoms with Crippen molar-refractivity contribution in [3.8, 4) is 6.07 Å². The fraction of sp³-hybridized carbons (Fsp3) is 0.125. The normalized spacial score (nSPS) is 9.93. The van der Waals surface area contributed by atoms with Crippen molar-refractivity contribution in [2.24, 2.45) is 0 Å². The third kappa shape index (κ3) is 1.93. The number of carbonyl (C=O) groups is 1. The van der Waals surface area contributed by atoms with Crippen LogP contribution in [0.4, 0.5) is 8.78 Å². The van der Waals surface area contributed by atoms with E-state index in [1.807, 2.05) is 0 Å². The fourth-order valence-electron chi connectivity index (χ4n) is 0.881. The fourth-order valence-corrected chi connectivity index (χ4v) is 1.41. The highest BCUT2D eigenvalue weighted by atomic mass is 79.9. The van der Waals surface area contributed by atoms with Gasteiger partial charge in [-0.15, -0.1) is 0 Å². The van der Waals surface area contributed by atoms with Crippen LogP contribution in [0.5, 0.6) is 0 Å². The minimum absolute atomic E-state index is 0.133. The first-order valence-corrected chi connectivity index (χ1v) is 4.23. The molecule has 14 heavy (non-hydrogen) atoms. The van der Waals surface area contributed by atoms with Crippen molar-refractivity contribution >= 4 is 22.2 Å². The van der Waals surface area contributed by atoms with Crippen molar-refractivity contribution in [1.82, 2.24) is 4.98 Å². The van der Waals surface area contributed by atoms with E-state index < -0.39 is 12.1 Å². The molecular weight excluding hydrogens is 258 g/mol. The molecule has 0 aliphatic heterocycles. The molecule has 1 aromatic rings. The molecule has 72 valence electrons. The van der Waals surface area contributed by atoms with Gasteiger partial charge in [-0.25, -0.2) is 13.8 Å². The van der Waals surface area contributed by atoms with Crippen LogP contribution >= 0.6 is 15.9 Å². The van der Waals surface area contributed by atoms with E-state index in [4.69, 9.17) is 5.26 Å². The second kappa shape index (κ2) is 4.24. The van der Waals surface area contributed by atoms with Crippen LogP contribution in [-0.4, -0.2) is 11.3 Å². The standard InChI is InChI=1S/C8H3BrF2N2O/c9-6-1-4(3-14)13-7(8(10)11)5(6)2-12/h1,3,8H. The third-order valence-electron chi connectivity index (χ3n) is 1.46. The van der Waals surface area contributed by atoms with E-state index in [2.05, 4.69) is 20.9 Å². The Kier molecular flexibility index (Phi) is 3.25. The molecule has 0 aromatic carbocycles. The van der Waals surface area contributed by atoms with Crippen LogP contribution in [0.15, 0.2) is 10.5 Å². The van der Waals surface area contributed by atoms with Gasteiger partial charge < -0.3 is 0 Å². The predicted molar refractivity (Wildman–Crippen MR) is 47.0 cm³/mol. The van der Waals surface area contributed by atoms with E-state index in [1.165, 1.54) is 6.07 Å². The molecule has 0 spiro atoms. The Labute approximate surface area is 86.5 Å². The zero-order valence-electron chi connectivity index (χ0n) is 6.67. The second-order valence-electron chi connectivity index (χ2n) is 2.32. The highest BCUT2D eigenvalue weighted by molar-refractivity contribution is 9.10. The SMILES string of the molecule is N#Cc1c(Br)cc(C=O)nc1C(F)F. The number of halogens is 3. The van der Waals surface area contributed by atoms with Crippen molar-refractivity contribution < 1.29 is 13.6 Å². The van der Waals surface area contributed by atoms with E-state index in [0.29, 0.717) is 6.29 Å². The van der Waals surface area contributed by atoms with Gasteiger partial charge in [0.15, 0.2) is 6.29 Å². The van der Waals surface area contributed by atoms with E-state index >= 15 is 0 Å². The van der Waals surface area contributed by atoms with Gasteiger partial charge in [-0.05, 0) is 22.0 Å². The van der Waals surface area contributed by atoms with E-state index in [1.54, 1.807) is 6.07 Å². The minimum atomic E-state index is -2.87. The number of nitrogens with zero attached hydrogens (tertiary/aromatic N) is 2. The Morgan fingerprint density at radius 2 is 2.29 bits per heavy atom. The summed E-state index contributed by atoms with van der Waals surface area (Å²) in [5.41, 5.74) is -1.05. The maximum absolute atomic E-state index is 12.4. The quantitative estimate of drug-likeness (QED) is 0.768. The molecule has 0 unspecified atom stereocenters. The smallest absolute Gasteiger partial charge is 0.281 e. The van der Waals surface area contributed by atoms with E-state index in [9.17, 15) is 13.6 Å². The summed E-state index contributed by atoms with van der Waals surface area (Å²) in [5, 5.41) is 8.57. The molecule has 0 radical (unpaired) electrons. The third-order valence-corrected chi connectivity index (χ3v) is 2.08. The molecule has 0 atom stereocenters. The molecule has 0 aliphatic rings. The van der Waals surface area contributed by atoms with Crippen molar-refractivity contribution in [2.75, 3.05) is 0 Å². The van der Waals surface area contributed by atoms with Crippen LogP contribution in [0.3, 0.4) is 0 Å². The molecule has 0 saturated heterocycles. The molecule has 0 aliphatic carbocycles. The largest absolute Gasteiger partial charge is 0.296 e. The number of pyridine rings is 1. The highest BCUT2D eigenvalue weighted by Crippen LogP contribution is 2.26. The number of rotatable bonds is 2. The molecule has 1 heterocycles. The van der Waals surface area contributed by atoms with Gasteiger partial charge in [-0.1, -0.05) is 0 Å². The average Bonchev–Trinajstić information content (AvgIpc) is 2.16. The van der Waals surface area contributed by atoms with Crippen LogP contribution < -0.4 is 0 Å². The van der Waals surface area contributed by atoms with Crippen LogP contribution in [0.2, 0.25) is 0 Å². The number of alkyl halides is 2. The Bertz CT molecular complexity index is 415. The summed E-state index contributed by atoms with van der Waals surface area (Å²) in [5.74, 6) is 0. The van der Waals surface area contributed by atoms with Crippen LogP contribution in [-0.2, 0) is 0 Å². The molecule has 0 saturated carbocycles. The molecule has 3 nitrogen and oxygen atoms in total. The lowest BCUT2D eigenvalue weighted by molar-refractivity contribution is 0.111. The van der Waals surface area contributed by atoms with Gasteiger partial charge in [0.2, 0.25) is 0 Å². The van der Waals surface area contributed by atoms with Crippen molar-refractivity contribution in [1.29, 1.82) is 5.26 Å². The lowest BCUT2D eigenvalue weighted by Crippen LogP contribution is -2.00. The van der Waals surface area contributed by atoms with Crippen molar-refractivity contribution in [3.05, 3.63) is 27.5 Å². The summed E-state index contributed by atoms with van der Waals surface area (Å²) < 4.78 is 24.9. The Balaban J connectivity index is 3.45. The van der Waals surface area contributed by atoms with Gasteiger partial charge >= 0.3 is 0 Å². The summed E-state index contributed by atoms with van der Waals surface area (Å²) in [6.07, 6.45) is -2.53. The first-order valence-electron chi connectivity index (χ1n) is 3.44. The maximum Gasteiger partial charge on any atom is 0.281 e. The molecule has 0 bridgehead atoms. The van der Waals surface area contributed by atoms with Gasteiger partial charge in [0, 0.05) is 4.47 Å². The van der Waals surface area contributed by atoms with E-state index in [0.717, 1.165) is 0 Å². The van der Waals surface area contributed by atoms with Gasteiger partial charge in [-0.3, -0.25) is 4.79 Å². The van der Waals surface area contributed by atoms with Crippen LogP contribution in [0.1, 0.15) is 28.2 Å². The number of carbonyl (C=O) groups excluding carboxylic acids is 1. The Hall–Kier alpha value is -1.35. The summed E-state index contributed by atoms with van der Waals surface area (Å²) in [6, 6.07) is 2.81. The summed E-state index contributed by atoms with van der Waals surface area (Å²) in [4.78, 5) is 13.7. The molecule has 0 N–H and O–H groups in total. The molecule has 0 fully saturated rings. The zero-order chi connectivity index (χ0) is 10.7. The number of hydrogen-bond donors (Lipinski definition) is 0. The van der Waals surface area contributed by atoms with Gasteiger partial charge in [0.1, 0.15) is 17.5 Å². The number of hydrogen-bond acceptors (Lipinski definition) is 3. The zero-order valence-corrected chi connectivity index (χ0v) is 8.25. The summed E-state index contributed by atoms with van der Waals surface area (Å²) in [7, 11) is 0. The Morgan fingerprint density at radius 3 is 2.71 bits per heavy atom. The topological polar surface area (TPSA) is 53.8 Å². The van der Waals surface area contributed by atoms with Crippen LogP contribution in [0.25, 0.3) is 0 Å².